The summed E-state index contributed by atoms with van der Waals surface area (Å²) in [5.41, 5.74) is 8.08. The van der Waals surface area contributed by atoms with Crippen molar-refractivity contribution in [2.24, 2.45) is 5.73 Å². The van der Waals surface area contributed by atoms with Crippen LogP contribution in [0.3, 0.4) is 0 Å². The standard InChI is InChI=1S/C19H22N2O3.ClH/c1-19(2,15-7-8-16-17(9-15)24-12-23-16)11-21-18(22)14-5-3-13(10-20)4-6-14;/h3-9H,10-12,20H2,1-2H3,(H,21,22);1H. The van der Waals surface area contributed by atoms with Gasteiger partial charge in [-0.25, -0.2) is 0 Å². The molecule has 0 aliphatic carbocycles. The van der Waals surface area contributed by atoms with E-state index in [-0.39, 0.29) is 30.5 Å². The third-order valence-electron chi connectivity index (χ3n) is 4.30. The van der Waals surface area contributed by atoms with Crippen LogP contribution in [-0.2, 0) is 12.0 Å². The van der Waals surface area contributed by atoms with Gasteiger partial charge >= 0.3 is 0 Å². The predicted molar refractivity (Wildman–Crippen MR) is 99.5 cm³/mol. The van der Waals surface area contributed by atoms with Crippen molar-refractivity contribution in [3.8, 4) is 11.5 Å². The molecule has 0 saturated carbocycles. The van der Waals surface area contributed by atoms with Crippen molar-refractivity contribution in [3.63, 3.8) is 0 Å². The number of halogens is 1. The second-order valence-corrected chi connectivity index (χ2v) is 6.54. The van der Waals surface area contributed by atoms with Gasteiger partial charge in [-0.3, -0.25) is 4.79 Å². The first kappa shape index (κ1) is 19.1. The van der Waals surface area contributed by atoms with Crippen molar-refractivity contribution in [1.82, 2.24) is 5.32 Å². The molecule has 2 aromatic rings. The lowest BCUT2D eigenvalue weighted by molar-refractivity contribution is 0.0945. The van der Waals surface area contributed by atoms with E-state index in [4.69, 9.17) is 15.2 Å². The summed E-state index contributed by atoms with van der Waals surface area (Å²) in [7, 11) is 0. The van der Waals surface area contributed by atoms with Gasteiger partial charge in [-0.1, -0.05) is 32.0 Å². The van der Waals surface area contributed by atoms with Crippen LogP contribution in [0, 0.1) is 0 Å². The summed E-state index contributed by atoms with van der Waals surface area (Å²) in [6.45, 7) is 5.42. The maximum Gasteiger partial charge on any atom is 0.251 e. The number of amides is 1. The highest BCUT2D eigenvalue weighted by Crippen LogP contribution is 2.36. The molecule has 0 bridgehead atoms. The van der Waals surface area contributed by atoms with Gasteiger partial charge in [0, 0.05) is 24.1 Å². The lowest BCUT2D eigenvalue weighted by Gasteiger charge is -2.26. The average Bonchev–Trinajstić information content (AvgIpc) is 3.07. The van der Waals surface area contributed by atoms with Crippen molar-refractivity contribution in [2.75, 3.05) is 13.3 Å². The summed E-state index contributed by atoms with van der Waals surface area (Å²) >= 11 is 0. The van der Waals surface area contributed by atoms with E-state index in [1.54, 1.807) is 12.1 Å². The van der Waals surface area contributed by atoms with Gasteiger partial charge in [0.1, 0.15) is 0 Å². The van der Waals surface area contributed by atoms with Gasteiger partial charge in [-0.2, -0.15) is 0 Å². The summed E-state index contributed by atoms with van der Waals surface area (Å²) in [6, 6.07) is 13.2. The number of rotatable bonds is 5. The van der Waals surface area contributed by atoms with Gasteiger partial charge in [0.25, 0.3) is 5.91 Å². The molecule has 134 valence electrons. The van der Waals surface area contributed by atoms with E-state index in [1.807, 2.05) is 30.3 Å². The third kappa shape index (κ3) is 4.24. The number of fused-ring (bicyclic) bond motifs is 1. The molecule has 0 aromatic heterocycles. The Labute approximate surface area is 153 Å². The smallest absolute Gasteiger partial charge is 0.251 e. The number of carbonyl (C=O) groups excluding carboxylic acids is 1. The summed E-state index contributed by atoms with van der Waals surface area (Å²) in [5, 5.41) is 3.00. The molecule has 0 saturated heterocycles. The second-order valence-electron chi connectivity index (χ2n) is 6.54. The van der Waals surface area contributed by atoms with Crippen LogP contribution in [0.4, 0.5) is 0 Å². The van der Waals surface area contributed by atoms with E-state index in [0.717, 1.165) is 22.6 Å². The number of nitrogens with one attached hydrogen (secondary N) is 1. The van der Waals surface area contributed by atoms with Crippen molar-refractivity contribution >= 4 is 18.3 Å². The Morgan fingerprint density at radius 3 is 2.48 bits per heavy atom. The molecular weight excluding hydrogens is 340 g/mol. The first-order chi connectivity index (χ1) is 11.5. The zero-order valence-corrected chi connectivity index (χ0v) is 15.2. The summed E-state index contributed by atoms with van der Waals surface area (Å²) < 4.78 is 10.8. The average molecular weight is 363 g/mol. The van der Waals surface area contributed by atoms with E-state index in [2.05, 4.69) is 19.2 Å². The fraction of sp³-hybridized carbons (Fsp3) is 0.316. The lowest BCUT2D eigenvalue weighted by atomic mass is 9.84. The first-order valence-electron chi connectivity index (χ1n) is 7.97. The number of benzene rings is 2. The molecule has 1 aliphatic heterocycles. The molecule has 3 rings (SSSR count). The van der Waals surface area contributed by atoms with Gasteiger partial charge in [0.05, 0.1) is 0 Å². The Bertz CT molecular complexity index is 745. The largest absolute Gasteiger partial charge is 0.454 e. The Morgan fingerprint density at radius 1 is 1.12 bits per heavy atom. The molecule has 1 aliphatic rings. The van der Waals surface area contributed by atoms with Crippen LogP contribution in [0.2, 0.25) is 0 Å². The Kier molecular flexibility index (Phi) is 5.93. The SMILES string of the molecule is CC(C)(CNC(=O)c1ccc(CN)cc1)c1ccc2c(c1)OCO2.Cl. The molecule has 0 radical (unpaired) electrons. The number of carbonyl (C=O) groups is 1. The Morgan fingerprint density at radius 2 is 1.80 bits per heavy atom. The van der Waals surface area contributed by atoms with Crippen LogP contribution in [0.15, 0.2) is 42.5 Å². The number of hydrogen-bond acceptors (Lipinski definition) is 4. The molecule has 0 spiro atoms. The second kappa shape index (κ2) is 7.76. The molecule has 1 heterocycles. The topological polar surface area (TPSA) is 73.6 Å². The summed E-state index contributed by atoms with van der Waals surface area (Å²) in [6.07, 6.45) is 0. The fourth-order valence-corrected chi connectivity index (χ4v) is 2.62. The maximum atomic E-state index is 12.3. The van der Waals surface area contributed by atoms with Crippen LogP contribution in [0.25, 0.3) is 0 Å². The van der Waals surface area contributed by atoms with E-state index >= 15 is 0 Å². The van der Waals surface area contributed by atoms with E-state index < -0.39 is 0 Å². The van der Waals surface area contributed by atoms with E-state index in [1.165, 1.54) is 0 Å². The zero-order valence-electron chi connectivity index (χ0n) is 14.4. The minimum atomic E-state index is -0.228. The molecule has 6 heteroatoms. The minimum Gasteiger partial charge on any atom is -0.454 e. The summed E-state index contributed by atoms with van der Waals surface area (Å²) in [4.78, 5) is 12.3. The van der Waals surface area contributed by atoms with Crippen LogP contribution in [0.5, 0.6) is 11.5 Å². The predicted octanol–water partition coefficient (Wildman–Crippen LogP) is 3.00. The summed E-state index contributed by atoms with van der Waals surface area (Å²) in [5.74, 6) is 1.43. The first-order valence-corrected chi connectivity index (χ1v) is 7.97. The highest BCUT2D eigenvalue weighted by atomic mass is 35.5. The van der Waals surface area contributed by atoms with Crippen molar-refractivity contribution in [2.45, 2.75) is 25.8 Å². The monoisotopic (exact) mass is 362 g/mol. The maximum absolute atomic E-state index is 12.3. The van der Waals surface area contributed by atoms with Crippen LogP contribution in [0.1, 0.15) is 35.3 Å². The van der Waals surface area contributed by atoms with E-state index in [9.17, 15) is 4.79 Å². The molecule has 0 unspecified atom stereocenters. The van der Waals surface area contributed by atoms with Crippen LogP contribution in [-0.4, -0.2) is 19.2 Å². The number of nitrogens with two attached hydrogens (primary N) is 1. The van der Waals surface area contributed by atoms with Gasteiger partial charge in [0.2, 0.25) is 6.79 Å². The van der Waals surface area contributed by atoms with Crippen LogP contribution < -0.4 is 20.5 Å². The van der Waals surface area contributed by atoms with Crippen LogP contribution >= 0.6 is 12.4 Å². The zero-order chi connectivity index (χ0) is 17.2. The van der Waals surface area contributed by atoms with Crippen molar-refractivity contribution in [3.05, 3.63) is 59.2 Å². The number of ether oxygens (including phenoxy) is 2. The van der Waals surface area contributed by atoms with Gasteiger partial charge < -0.3 is 20.5 Å². The highest BCUT2D eigenvalue weighted by molar-refractivity contribution is 5.94. The molecule has 2 aromatic carbocycles. The molecule has 1 amide bonds. The third-order valence-corrected chi connectivity index (χ3v) is 4.30. The van der Waals surface area contributed by atoms with Gasteiger partial charge in [0.15, 0.2) is 11.5 Å². The fourth-order valence-electron chi connectivity index (χ4n) is 2.62. The molecule has 0 fully saturated rings. The van der Waals surface area contributed by atoms with Crippen molar-refractivity contribution in [1.29, 1.82) is 0 Å². The molecule has 25 heavy (non-hydrogen) atoms. The van der Waals surface area contributed by atoms with Gasteiger partial charge in [-0.05, 0) is 35.4 Å². The molecule has 5 nitrogen and oxygen atoms in total. The van der Waals surface area contributed by atoms with Gasteiger partial charge in [-0.15, -0.1) is 12.4 Å². The van der Waals surface area contributed by atoms with E-state index in [0.29, 0.717) is 18.7 Å². The Hall–Kier alpha value is -2.24. The Balaban J connectivity index is 0.00000225. The molecule has 3 N–H and O–H groups in total. The highest BCUT2D eigenvalue weighted by Gasteiger charge is 2.24. The lowest BCUT2D eigenvalue weighted by Crippen LogP contribution is -2.36. The minimum absolute atomic E-state index is 0. The normalized spacial score (nSPS) is 12.4. The molecule has 0 atom stereocenters. The molecular formula is C19H23ClN2O3. The quantitative estimate of drug-likeness (QED) is 0.857. The van der Waals surface area contributed by atoms with Crippen molar-refractivity contribution < 1.29 is 14.3 Å². The number of hydrogen-bond donors (Lipinski definition) is 2.